The standard InChI is InChI=1S/C17H21ClF3N3O2/c18-12-8-11(17(19,20)21)9-23-16(12)26-6-5-22-15(25)14-7-10-3-1-2-4-13(10)24-14/h8-10,13-14,24H,1-7H2,(H,22,25). The van der Waals surface area contributed by atoms with Crippen LogP contribution in [0.1, 0.15) is 37.7 Å². The number of nitrogens with zero attached hydrogens (tertiary/aromatic N) is 1. The van der Waals surface area contributed by atoms with Gasteiger partial charge < -0.3 is 15.4 Å². The molecule has 0 radical (unpaired) electrons. The van der Waals surface area contributed by atoms with Gasteiger partial charge in [0.2, 0.25) is 11.8 Å². The van der Waals surface area contributed by atoms with Crippen LogP contribution >= 0.6 is 11.6 Å². The smallest absolute Gasteiger partial charge is 0.417 e. The highest BCUT2D eigenvalue weighted by Gasteiger charge is 2.38. The number of alkyl halides is 3. The second kappa shape index (κ2) is 8.00. The van der Waals surface area contributed by atoms with Gasteiger partial charge in [0, 0.05) is 12.2 Å². The minimum atomic E-state index is -4.51. The monoisotopic (exact) mass is 391 g/mol. The average molecular weight is 392 g/mol. The summed E-state index contributed by atoms with van der Waals surface area (Å²) in [5.41, 5.74) is -0.933. The zero-order valence-electron chi connectivity index (χ0n) is 14.1. The van der Waals surface area contributed by atoms with E-state index in [-0.39, 0.29) is 36.0 Å². The molecule has 0 bridgehead atoms. The van der Waals surface area contributed by atoms with Gasteiger partial charge >= 0.3 is 6.18 Å². The summed E-state index contributed by atoms with van der Waals surface area (Å²) in [6.45, 7) is 0.300. The summed E-state index contributed by atoms with van der Waals surface area (Å²) >= 11 is 5.77. The van der Waals surface area contributed by atoms with Gasteiger partial charge in [0.15, 0.2) is 0 Å². The first-order valence-electron chi connectivity index (χ1n) is 8.74. The summed E-state index contributed by atoms with van der Waals surface area (Å²) in [4.78, 5) is 15.8. The molecule has 5 nitrogen and oxygen atoms in total. The molecule has 1 amide bonds. The number of nitrogens with one attached hydrogen (secondary N) is 2. The Kier molecular flexibility index (Phi) is 5.92. The Labute approximate surface area is 154 Å². The molecule has 144 valence electrons. The minimum absolute atomic E-state index is 0.0728. The molecule has 1 saturated carbocycles. The van der Waals surface area contributed by atoms with E-state index in [2.05, 4.69) is 15.6 Å². The third-order valence-electron chi connectivity index (χ3n) is 4.95. The maximum atomic E-state index is 12.6. The van der Waals surface area contributed by atoms with E-state index in [0.29, 0.717) is 18.2 Å². The lowest BCUT2D eigenvalue weighted by Gasteiger charge is -2.24. The van der Waals surface area contributed by atoms with Crippen LogP contribution in [0.2, 0.25) is 5.02 Å². The molecule has 2 N–H and O–H groups in total. The van der Waals surface area contributed by atoms with Crippen molar-refractivity contribution in [1.82, 2.24) is 15.6 Å². The van der Waals surface area contributed by atoms with E-state index in [0.717, 1.165) is 18.9 Å². The highest BCUT2D eigenvalue weighted by molar-refractivity contribution is 6.31. The average Bonchev–Trinajstić information content (AvgIpc) is 3.03. The zero-order chi connectivity index (χ0) is 18.7. The quantitative estimate of drug-likeness (QED) is 0.757. The molecule has 1 aromatic rings. The second-order valence-corrected chi connectivity index (χ2v) is 7.16. The van der Waals surface area contributed by atoms with Crippen LogP contribution in [0.5, 0.6) is 5.88 Å². The number of carbonyl (C=O) groups excluding carboxylic acids is 1. The second-order valence-electron chi connectivity index (χ2n) is 6.75. The van der Waals surface area contributed by atoms with Gasteiger partial charge in [0.25, 0.3) is 0 Å². The molecular weight excluding hydrogens is 371 g/mol. The van der Waals surface area contributed by atoms with Crippen molar-refractivity contribution in [3.63, 3.8) is 0 Å². The van der Waals surface area contributed by atoms with Gasteiger partial charge in [-0.1, -0.05) is 24.4 Å². The van der Waals surface area contributed by atoms with Crippen LogP contribution in [0.3, 0.4) is 0 Å². The number of hydrogen-bond acceptors (Lipinski definition) is 4. The predicted octanol–water partition coefficient (Wildman–Crippen LogP) is 3.17. The molecule has 1 aliphatic heterocycles. The van der Waals surface area contributed by atoms with Crippen molar-refractivity contribution < 1.29 is 22.7 Å². The van der Waals surface area contributed by atoms with Crippen LogP contribution < -0.4 is 15.4 Å². The van der Waals surface area contributed by atoms with Crippen LogP contribution in [0.25, 0.3) is 0 Å². The van der Waals surface area contributed by atoms with Gasteiger partial charge in [-0.25, -0.2) is 4.98 Å². The first-order chi connectivity index (χ1) is 12.3. The lowest BCUT2D eigenvalue weighted by atomic mass is 9.85. The highest BCUT2D eigenvalue weighted by atomic mass is 35.5. The fourth-order valence-electron chi connectivity index (χ4n) is 3.65. The molecule has 1 saturated heterocycles. The highest BCUT2D eigenvalue weighted by Crippen LogP contribution is 2.34. The molecular formula is C17H21ClF3N3O2. The van der Waals surface area contributed by atoms with Gasteiger partial charge in [-0.15, -0.1) is 0 Å². The number of carbonyl (C=O) groups is 1. The van der Waals surface area contributed by atoms with Crippen molar-refractivity contribution in [2.24, 2.45) is 5.92 Å². The van der Waals surface area contributed by atoms with Gasteiger partial charge in [-0.2, -0.15) is 13.2 Å². The molecule has 0 spiro atoms. The van der Waals surface area contributed by atoms with Crippen molar-refractivity contribution in [3.8, 4) is 5.88 Å². The summed E-state index contributed by atoms with van der Waals surface area (Å²) < 4.78 is 42.9. The number of ether oxygens (including phenoxy) is 1. The van der Waals surface area contributed by atoms with Gasteiger partial charge in [-0.3, -0.25) is 4.79 Å². The minimum Gasteiger partial charge on any atom is -0.475 e. The van der Waals surface area contributed by atoms with E-state index in [1.165, 1.54) is 19.3 Å². The third kappa shape index (κ3) is 4.59. The Morgan fingerprint density at radius 1 is 1.38 bits per heavy atom. The van der Waals surface area contributed by atoms with Crippen molar-refractivity contribution in [1.29, 1.82) is 0 Å². The van der Waals surface area contributed by atoms with Gasteiger partial charge in [0.1, 0.15) is 11.6 Å². The number of hydrogen-bond donors (Lipinski definition) is 2. The predicted molar refractivity (Wildman–Crippen MR) is 90.0 cm³/mol. The Morgan fingerprint density at radius 3 is 2.85 bits per heavy atom. The SMILES string of the molecule is O=C(NCCOc1ncc(C(F)(F)F)cc1Cl)C1CC2CCCCC2N1. The molecule has 26 heavy (non-hydrogen) atoms. The van der Waals surface area contributed by atoms with E-state index in [9.17, 15) is 18.0 Å². The van der Waals surface area contributed by atoms with E-state index >= 15 is 0 Å². The molecule has 9 heteroatoms. The van der Waals surface area contributed by atoms with Crippen LogP contribution in [0.15, 0.2) is 12.3 Å². The molecule has 3 rings (SSSR count). The summed E-state index contributed by atoms with van der Waals surface area (Å²) in [6, 6.07) is 1.02. The van der Waals surface area contributed by atoms with E-state index in [1.807, 2.05) is 0 Å². The van der Waals surface area contributed by atoms with E-state index in [4.69, 9.17) is 16.3 Å². The van der Waals surface area contributed by atoms with Crippen LogP contribution in [0, 0.1) is 5.92 Å². The first kappa shape index (κ1) is 19.2. The summed E-state index contributed by atoms with van der Waals surface area (Å²) in [5, 5.41) is 5.96. The molecule has 2 aliphatic rings. The Bertz CT molecular complexity index is 643. The maximum Gasteiger partial charge on any atom is 0.417 e. The topological polar surface area (TPSA) is 63.2 Å². The molecule has 1 aromatic heterocycles. The normalized spacial score (nSPS) is 25.6. The maximum absolute atomic E-state index is 12.6. The molecule has 0 aromatic carbocycles. The van der Waals surface area contributed by atoms with E-state index < -0.39 is 11.7 Å². The number of aromatic nitrogens is 1. The van der Waals surface area contributed by atoms with Crippen molar-refractivity contribution in [2.75, 3.05) is 13.2 Å². The molecule has 1 aliphatic carbocycles. The lowest BCUT2D eigenvalue weighted by molar-refractivity contribution is -0.137. The molecule has 3 unspecified atom stereocenters. The number of amides is 1. The summed E-state index contributed by atoms with van der Waals surface area (Å²) in [6.07, 6.45) is 1.74. The van der Waals surface area contributed by atoms with E-state index in [1.54, 1.807) is 0 Å². The van der Waals surface area contributed by atoms with Crippen LogP contribution in [-0.2, 0) is 11.0 Å². The number of pyridine rings is 1. The van der Waals surface area contributed by atoms with Gasteiger partial charge in [-0.05, 0) is 31.2 Å². The van der Waals surface area contributed by atoms with Crippen molar-refractivity contribution >= 4 is 17.5 Å². The van der Waals surface area contributed by atoms with Crippen molar-refractivity contribution in [2.45, 2.75) is 50.4 Å². The molecule has 2 fully saturated rings. The number of fused-ring (bicyclic) bond motifs is 1. The summed E-state index contributed by atoms with van der Waals surface area (Å²) in [5.74, 6) is 0.416. The Hall–Kier alpha value is -1.54. The zero-order valence-corrected chi connectivity index (χ0v) is 14.9. The molecule has 2 heterocycles. The fraction of sp³-hybridized carbons (Fsp3) is 0.647. The Balaban J connectivity index is 1.42. The fourth-order valence-corrected chi connectivity index (χ4v) is 3.87. The number of rotatable bonds is 5. The number of halogens is 4. The first-order valence-corrected chi connectivity index (χ1v) is 9.11. The third-order valence-corrected chi connectivity index (χ3v) is 5.22. The largest absolute Gasteiger partial charge is 0.475 e. The van der Waals surface area contributed by atoms with Crippen LogP contribution in [-0.4, -0.2) is 36.1 Å². The van der Waals surface area contributed by atoms with Gasteiger partial charge in [0.05, 0.1) is 18.2 Å². The summed E-state index contributed by atoms with van der Waals surface area (Å²) in [7, 11) is 0. The van der Waals surface area contributed by atoms with Crippen molar-refractivity contribution in [3.05, 3.63) is 22.8 Å². The Morgan fingerprint density at radius 2 is 2.15 bits per heavy atom. The van der Waals surface area contributed by atoms with Crippen LogP contribution in [0.4, 0.5) is 13.2 Å². The lowest BCUT2D eigenvalue weighted by Crippen LogP contribution is -2.44. The molecule has 3 atom stereocenters.